The topological polar surface area (TPSA) is 75.6 Å². The molecule has 0 aliphatic carbocycles. The summed E-state index contributed by atoms with van der Waals surface area (Å²) in [7, 11) is 0. The van der Waals surface area contributed by atoms with Gasteiger partial charge in [0, 0.05) is 24.3 Å². The molecule has 2 fully saturated rings. The number of halogens is 1. The van der Waals surface area contributed by atoms with Crippen molar-refractivity contribution in [1.29, 1.82) is 0 Å². The number of ether oxygens (including phenoxy) is 1. The molecule has 140 valence electrons. The Bertz CT molecular complexity index is 874. The van der Waals surface area contributed by atoms with Gasteiger partial charge in [0.1, 0.15) is 11.8 Å². The van der Waals surface area contributed by atoms with Gasteiger partial charge in [-0.05, 0) is 31.0 Å². The number of fused-ring (bicyclic) bond motifs is 1. The monoisotopic (exact) mass is 386 g/mol. The van der Waals surface area contributed by atoms with Crippen molar-refractivity contribution in [2.75, 3.05) is 19.6 Å². The van der Waals surface area contributed by atoms with E-state index in [0.29, 0.717) is 36.8 Å². The highest BCUT2D eigenvalue weighted by Gasteiger charge is 2.48. The van der Waals surface area contributed by atoms with Gasteiger partial charge in [-0.1, -0.05) is 23.7 Å². The summed E-state index contributed by atoms with van der Waals surface area (Å²) in [5, 5.41) is 0.672. The summed E-state index contributed by atoms with van der Waals surface area (Å²) in [6.45, 7) is 3.14. The summed E-state index contributed by atoms with van der Waals surface area (Å²) in [5.41, 5.74) is 2.11. The lowest BCUT2D eigenvalue weighted by molar-refractivity contribution is 0.0722. The van der Waals surface area contributed by atoms with Crippen LogP contribution in [-0.4, -0.2) is 63.5 Å². The van der Waals surface area contributed by atoms with E-state index in [1.807, 2.05) is 31.2 Å². The molecular formula is C19H19ClN4O3. The van der Waals surface area contributed by atoms with Crippen molar-refractivity contribution in [2.45, 2.75) is 25.5 Å². The number of benzene rings is 1. The molecule has 2 atom stereocenters. The largest absolute Gasteiger partial charge is 0.442 e. The molecule has 1 aromatic heterocycles. The van der Waals surface area contributed by atoms with Crippen LogP contribution in [0.25, 0.3) is 0 Å². The highest BCUT2D eigenvalue weighted by Crippen LogP contribution is 2.28. The number of rotatable bonds is 4. The number of carbonyl (C=O) groups excluding carboxylic acids is 2. The van der Waals surface area contributed by atoms with Crippen molar-refractivity contribution in [3.05, 3.63) is 58.6 Å². The first-order valence-electron chi connectivity index (χ1n) is 8.81. The molecule has 8 heteroatoms. The Kier molecular flexibility index (Phi) is 4.70. The predicted octanol–water partition coefficient (Wildman–Crippen LogP) is 2.33. The summed E-state index contributed by atoms with van der Waals surface area (Å²) in [6, 6.07) is 7.44. The molecule has 2 saturated heterocycles. The fourth-order valence-electron chi connectivity index (χ4n) is 3.53. The third-order valence-corrected chi connectivity index (χ3v) is 5.18. The smallest absolute Gasteiger partial charge is 0.410 e. The molecule has 0 saturated carbocycles. The van der Waals surface area contributed by atoms with Gasteiger partial charge in [-0.15, -0.1) is 0 Å². The molecule has 0 bridgehead atoms. The second-order valence-electron chi connectivity index (χ2n) is 6.82. The van der Waals surface area contributed by atoms with Crippen LogP contribution in [0, 0.1) is 6.92 Å². The van der Waals surface area contributed by atoms with Crippen molar-refractivity contribution in [3.8, 4) is 0 Å². The van der Waals surface area contributed by atoms with Gasteiger partial charge < -0.3 is 9.64 Å². The Morgan fingerprint density at radius 3 is 2.89 bits per heavy atom. The summed E-state index contributed by atoms with van der Waals surface area (Å²) < 4.78 is 5.48. The van der Waals surface area contributed by atoms with Gasteiger partial charge in [0.05, 0.1) is 24.5 Å². The van der Waals surface area contributed by atoms with Crippen LogP contribution in [-0.2, 0) is 11.2 Å². The Balaban J connectivity index is 1.42. The minimum atomic E-state index is -0.325. The van der Waals surface area contributed by atoms with Gasteiger partial charge in [0.15, 0.2) is 0 Å². The lowest BCUT2D eigenvalue weighted by Gasteiger charge is -2.22. The molecule has 27 heavy (non-hydrogen) atoms. The van der Waals surface area contributed by atoms with Crippen LogP contribution in [0.15, 0.2) is 36.7 Å². The van der Waals surface area contributed by atoms with E-state index in [1.165, 1.54) is 6.20 Å². The van der Waals surface area contributed by atoms with Crippen LogP contribution in [0.4, 0.5) is 4.79 Å². The van der Waals surface area contributed by atoms with Crippen LogP contribution in [0.3, 0.4) is 0 Å². The number of carbonyl (C=O) groups is 2. The molecule has 0 N–H and O–H groups in total. The number of aryl methyl sites for hydroxylation is 1. The average molecular weight is 387 g/mol. The third-order valence-electron chi connectivity index (χ3n) is 4.94. The highest BCUT2D eigenvalue weighted by molar-refractivity contribution is 6.30. The number of nitrogens with zero attached hydrogens (tertiary/aromatic N) is 4. The molecule has 2 aliphatic rings. The minimum absolute atomic E-state index is 0.140. The maximum absolute atomic E-state index is 12.6. The Morgan fingerprint density at radius 1 is 1.30 bits per heavy atom. The summed E-state index contributed by atoms with van der Waals surface area (Å²) in [6.07, 6.45) is 3.10. The maximum atomic E-state index is 12.6. The average Bonchev–Trinajstić information content (AvgIpc) is 3.17. The van der Waals surface area contributed by atoms with Crippen molar-refractivity contribution < 1.29 is 14.3 Å². The number of hydrogen-bond donors (Lipinski definition) is 0. The lowest BCUT2D eigenvalue weighted by atomic mass is 10.1. The first-order valence-corrected chi connectivity index (χ1v) is 9.18. The van der Waals surface area contributed by atoms with Crippen molar-refractivity contribution >= 4 is 23.6 Å². The molecule has 2 aromatic rings. The van der Waals surface area contributed by atoms with Crippen LogP contribution in [0.2, 0.25) is 5.02 Å². The molecule has 0 unspecified atom stereocenters. The first kappa shape index (κ1) is 17.7. The Hall–Kier alpha value is -2.67. The van der Waals surface area contributed by atoms with E-state index in [2.05, 4.69) is 9.97 Å². The number of aromatic nitrogens is 2. The van der Waals surface area contributed by atoms with E-state index in [1.54, 1.807) is 16.0 Å². The van der Waals surface area contributed by atoms with Gasteiger partial charge in [-0.25, -0.2) is 9.78 Å². The lowest BCUT2D eigenvalue weighted by Crippen LogP contribution is -2.40. The van der Waals surface area contributed by atoms with Crippen molar-refractivity contribution in [2.24, 2.45) is 0 Å². The summed E-state index contributed by atoms with van der Waals surface area (Å²) in [4.78, 5) is 36.5. The zero-order chi connectivity index (χ0) is 19.0. The van der Waals surface area contributed by atoms with Gasteiger partial charge in [-0.2, -0.15) is 0 Å². The second kappa shape index (κ2) is 7.15. The van der Waals surface area contributed by atoms with Gasteiger partial charge in [0.25, 0.3) is 5.91 Å². The van der Waals surface area contributed by atoms with Crippen LogP contribution < -0.4 is 0 Å². The number of hydrogen-bond acceptors (Lipinski definition) is 5. The summed E-state index contributed by atoms with van der Waals surface area (Å²) in [5.74, 6) is -0.192. The van der Waals surface area contributed by atoms with Crippen molar-refractivity contribution in [3.63, 3.8) is 0 Å². The Labute approximate surface area is 161 Å². The Morgan fingerprint density at radius 2 is 2.15 bits per heavy atom. The van der Waals surface area contributed by atoms with E-state index in [0.717, 1.165) is 11.3 Å². The minimum Gasteiger partial charge on any atom is -0.442 e. The van der Waals surface area contributed by atoms with Crippen LogP contribution in [0.1, 0.15) is 21.7 Å². The molecule has 1 aromatic carbocycles. The predicted molar refractivity (Wildman–Crippen MR) is 98.6 cm³/mol. The van der Waals surface area contributed by atoms with Crippen LogP contribution in [0.5, 0.6) is 0 Å². The van der Waals surface area contributed by atoms with E-state index in [-0.39, 0.29) is 24.1 Å². The van der Waals surface area contributed by atoms with Crippen LogP contribution >= 0.6 is 11.6 Å². The molecule has 3 heterocycles. The summed E-state index contributed by atoms with van der Waals surface area (Å²) >= 11 is 6.02. The normalized spacial score (nSPS) is 21.3. The molecule has 4 rings (SSSR count). The zero-order valence-electron chi connectivity index (χ0n) is 14.8. The van der Waals surface area contributed by atoms with E-state index in [4.69, 9.17) is 16.3 Å². The first-order chi connectivity index (χ1) is 13.0. The van der Waals surface area contributed by atoms with E-state index in [9.17, 15) is 9.59 Å². The van der Waals surface area contributed by atoms with Gasteiger partial charge in [-0.3, -0.25) is 14.7 Å². The SMILES string of the molecule is Cc1cnc(C(=O)N2C[C@@H]3OC(=O)N(CCc4cccc(Cl)c4)[C@@H]3C2)cn1. The van der Waals surface area contributed by atoms with E-state index < -0.39 is 0 Å². The third kappa shape index (κ3) is 3.60. The second-order valence-corrected chi connectivity index (χ2v) is 7.25. The fourth-order valence-corrected chi connectivity index (χ4v) is 3.75. The zero-order valence-corrected chi connectivity index (χ0v) is 15.6. The standard InChI is InChI=1S/C19H19ClN4O3/c1-12-8-22-15(9-21-12)18(25)23-10-16-17(11-23)27-19(26)24(16)6-5-13-3-2-4-14(20)7-13/h2-4,7-9,16-17H,5-6,10-11H2,1H3/t16-,17+/m1/s1. The molecule has 7 nitrogen and oxygen atoms in total. The van der Waals surface area contributed by atoms with Gasteiger partial charge in [0.2, 0.25) is 0 Å². The highest BCUT2D eigenvalue weighted by atomic mass is 35.5. The fraction of sp³-hybridized carbons (Fsp3) is 0.368. The molecule has 2 aliphatic heterocycles. The number of amides is 2. The van der Waals surface area contributed by atoms with Gasteiger partial charge >= 0.3 is 6.09 Å². The maximum Gasteiger partial charge on any atom is 0.410 e. The molecule has 2 amide bonds. The number of likely N-dealkylation sites (tertiary alicyclic amines) is 1. The molecular weight excluding hydrogens is 368 g/mol. The molecule has 0 radical (unpaired) electrons. The van der Waals surface area contributed by atoms with E-state index >= 15 is 0 Å². The quantitative estimate of drug-likeness (QED) is 0.806. The van der Waals surface area contributed by atoms with Crippen molar-refractivity contribution in [1.82, 2.24) is 19.8 Å². The molecule has 0 spiro atoms.